The zero-order valence-corrected chi connectivity index (χ0v) is 11.3. The molecule has 20 heavy (non-hydrogen) atoms. The van der Waals surface area contributed by atoms with Crippen LogP contribution in [0.15, 0.2) is 24.3 Å². The van der Waals surface area contributed by atoms with E-state index in [-0.39, 0.29) is 18.0 Å². The van der Waals surface area contributed by atoms with E-state index in [1.54, 1.807) is 6.92 Å². The molecule has 6 heteroatoms. The number of nitrogens with zero attached hydrogens (tertiary/aromatic N) is 1. The third kappa shape index (κ3) is 3.77. The largest absolute Gasteiger partial charge is 0.486 e. The Labute approximate surface area is 116 Å². The number of aryl methyl sites for hydroxylation is 1. The fourth-order valence-corrected chi connectivity index (χ4v) is 1.76. The standard InChI is InChI=1S/C14H17FN2O3/c1-9(7-16-11-3-4-11)8-20-14-5-10(2)13(17(18)19)6-12(14)15/h5-6,11,16H,1,3-4,7-8H2,2H3. The first-order valence-corrected chi connectivity index (χ1v) is 6.44. The summed E-state index contributed by atoms with van der Waals surface area (Å²) >= 11 is 0. The maximum Gasteiger partial charge on any atom is 0.275 e. The highest BCUT2D eigenvalue weighted by Gasteiger charge is 2.20. The van der Waals surface area contributed by atoms with Gasteiger partial charge in [-0.05, 0) is 31.4 Å². The fourth-order valence-electron chi connectivity index (χ4n) is 1.76. The van der Waals surface area contributed by atoms with Gasteiger partial charge in [-0.1, -0.05) is 6.58 Å². The summed E-state index contributed by atoms with van der Waals surface area (Å²) in [6.45, 7) is 6.22. The molecule has 0 aliphatic heterocycles. The quantitative estimate of drug-likeness (QED) is 0.474. The first-order chi connectivity index (χ1) is 9.47. The molecule has 0 aromatic heterocycles. The van der Waals surface area contributed by atoms with Gasteiger partial charge in [0.1, 0.15) is 6.61 Å². The number of hydrogen-bond acceptors (Lipinski definition) is 4. The van der Waals surface area contributed by atoms with Gasteiger partial charge in [-0.2, -0.15) is 0 Å². The molecule has 2 rings (SSSR count). The van der Waals surface area contributed by atoms with Gasteiger partial charge in [0.15, 0.2) is 11.6 Å². The van der Waals surface area contributed by atoms with Gasteiger partial charge in [-0.15, -0.1) is 0 Å². The minimum atomic E-state index is -0.731. The van der Waals surface area contributed by atoms with Crippen molar-refractivity contribution in [2.45, 2.75) is 25.8 Å². The van der Waals surface area contributed by atoms with E-state index in [0.29, 0.717) is 18.2 Å². The molecule has 1 aliphatic carbocycles. The summed E-state index contributed by atoms with van der Waals surface area (Å²) in [5, 5.41) is 14.0. The molecule has 0 heterocycles. The van der Waals surface area contributed by atoms with Gasteiger partial charge < -0.3 is 10.1 Å². The van der Waals surface area contributed by atoms with Crippen molar-refractivity contribution in [3.05, 3.63) is 45.8 Å². The van der Waals surface area contributed by atoms with E-state index in [2.05, 4.69) is 11.9 Å². The zero-order chi connectivity index (χ0) is 14.7. The number of halogens is 1. The molecule has 0 amide bonds. The molecule has 1 saturated carbocycles. The summed E-state index contributed by atoms with van der Waals surface area (Å²) in [7, 11) is 0. The molecule has 1 aliphatic rings. The van der Waals surface area contributed by atoms with E-state index in [9.17, 15) is 14.5 Å². The van der Waals surface area contributed by atoms with Crippen molar-refractivity contribution < 1.29 is 14.1 Å². The van der Waals surface area contributed by atoms with Crippen LogP contribution in [0.2, 0.25) is 0 Å². The predicted molar refractivity (Wildman–Crippen MR) is 73.5 cm³/mol. The Morgan fingerprint density at radius 2 is 2.30 bits per heavy atom. The summed E-state index contributed by atoms with van der Waals surface area (Å²) in [6.07, 6.45) is 2.37. The second-order valence-corrected chi connectivity index (χ2v) is 5.02. The lowest BCUT2D eigenvalue weighted by atomic mass is 10.2. The molecule has 0 bridgehead atoms. The Hall–Kier alpha value is -1.95. The SMILES string of the molecule is C=C(CNC1CC1)COc1cc(C)c([N+](=O)[O-])cc1F. The van der Waals surface area contributed by atoms with Crippen molar-refractivity contribution >= 4 is 5.69 Å². The van der Waals surface area contributed by atoms with Crippen LogP contribution in [0.25, 0.3) is 0 Å². The van der Waals surface area contributed by atoms with E-state index >= 15 is 0 Å². The number of hydrogen-bond donors (Lipinski definition) is 1. The topological polar surface area (TPSA) is 64.4 Å². The first kappa shape index (κ1) is 14.5. The van der Waals surface area contributed by atoms with Gasteiger partial charge in [0.2, 0.25) is 0 Å². The molecule has 0 atom stereocenters. The van der Waals surface area contributed by atoms with E-state index in [1.165, 1.54) is 18.9 Å². The second-order valence-electron chi connectivity index (χ2n) is 5.02. The number of nitro groups is 1. The molecule has 1 aromatic rings. The molecule has 1 N–H and O–H groups in total. The van der Waals surface area contributed by atoms with Crippen LogP contribution in [-0.4, -0.2) is 24.1 Å². The van der Waals surface area contributed by atoms with Gasteiger partial charge in [0, 0.05) is 18.2 Å². The van der Waals surface area contributed by atoms with E-state index in [1.807, 2.05) is 0 Å². The average molecular weight is 280 g/mol. The Morgan fingerprint density at radius 3 is 2.90 bits per heavy atom. The molecule has 0 spiro atoms. The molecule has 5 nitrogen and oxygen atoms in total. The van der Waals surface area contributed by atoms with Gasteiger partial charge in [-0.25, -0.2) is 4.39 Å². The zero-order valence-electron chi connectivity index (χ0n) is 11.3. The summed E-state index contributed by atoms with van der Waals surface area (Å²) in [5.41, 5.74) is 0.935. The first-order valence-electron chi connectivity index (χ1n) is 6.44. The highest BCUT2D eigenvalue weighted by molar-refractivity contribution is 5.45. The summed E-state index contributed by atoms with van der Waals surface area (Å²) in [5.74, 6) is -0.717. The van der Waals surface area contributed by atoms with Crippen LogP contribution in [0.3, 0.4) is 0 Å². The van der Waals surface area contributed by atoms with Crippen molar-refractivity contribution in [3.63, 3.8) is 0 Å². The van der Waals surface area contributed by atoms with Crippen molar-refractivity contribution in [2.75, 3.05) is 13.2 Å². The van der Waals surface area contributed by atoms with E-state index in [0.717, 1.165) is 11.6 Å². The number of benzene rings is 1. The minimum absolute atomic E-state index is 0.0145. The van der Waals surface area contributed by atoms with Crippen LogP contribution >= 0.6 is 0 Å². The van der Waals surface area contributed by atoms with Crippen LogP contribution in [0.1, 0.15) is 18.4 Å². The van der Waals surface area contributed by atoms with Crippen molar-refractivity contribution in [3.8, 4) is 5.75 Å². The molecule has 0 unspecified atom stereocenters. The van der Waals surface area contributed by atoms with Crippen molar-refractivity contribution in [1.82, 2.24) is 5.32 Å². The number of rotatable bonds is 7. The Balaban J connectivity index is 1.93. The second kappa shape index (κ2) is 6.00. The Morgan fingerprint density at radius 1 is 1.60 bits per heavy atom. The fraction of sp³-hybridized carbons (Fsp3) is 0.429. The lowest BCUT2D eigenvalue weighted by Gasteiger charge is -2.11. The lowest BCUT2D eigenvalue weighted by molar-refractivity contribution is -0.385. The molecule has 0 radical (unpaired) electrons. The highest BCUT2D eigenvalue weighted by Crippen LogP contribution is 2.27. The van der Waals surface area contributed by atoms with Gasteiger partial charge in [0.05, 0.1) is 11.0 Å². The van der Waals surface area contributed by atoms with Crippen molar-refractivity contribution in [2.24, 2.45) is 0 Å². The molecule has 0 saturated heterocycles. The summed E-state index contributed by atoms with van der Waals surface area (Å²) < 4.78 is 19.0. The van der Waals surface area contributed by atoms with Crippen LogP contribution < -0.4 is 10.1 Å². The highest BCUT2D eigenvalue weighted by atomic mass is 19.1. The monoisotopic (exact) mass is 280 g/mol. The maximum atomic E-state index is 13.7. The molecular formula is C14H17FN2O3. The lowest BCUT2D eigenvalue weighted by Crippen LogP contribution is -2.21. The predicted octanol–water partition coefficient (Wildman–Crippen LogP) is 2.73. The third-order valence-corrected chi connectivity index (χ3v) is 3.10. The molecule has 1 fully saturated rings. The maximum absolute atomic E-state index is 13.7. The molecule has 1 aromatic carbocycles. The minimum Gasteiger partial charge on any atom is -0.486 e. The average Bonchev–Trinajstić information content (AvgIpc) is 3.20. The van der Waals surface area contributed by atoms with Gasteiger partial charge in [-0.3, -0.25) is 10.1 Å². The molecular weight excluding hydrogens is 263 g/mol. The van der Waals surface area contributed by atoms with Gasteiger partial charge in [0.25, 0.3) is 5.69 Å². The van der Waals surface area contributed by atoms with Crippen molar-refractivity contribution in [1.29, 1.82) is 0 Å². The summed E-state index contributed by atoms with van der Waals surface area (Å²) in [4.78, 5) is 10.1. The Kier molecular flexibility index (Phi) is 4.34. The molecule has 108 valence electrons. The van der Waals surface area contributed by atoms with E-state index in [4.69, 9.17) is 4.74 Å². The van der Waals surface area contributed by atoms with Crippen LogP contribution in [-0.2, 0) is 0 Å². The normalized spacial score (nSPS) is 14.1. The van der Waals surface area contributed by atoms with Crippen LogP contribution in [0.5, 0.6) is 5.75 Å². The number of ether oxygens (including phenoxy) is 1. The van der Waals surface area contributed by atoms with Crippen LogP contribution in [0.4, 0.5) is 10.1 Å². The van der Waals surface area contributed by atoms with Gasteiger partial charge >= 0.3 is 0 Å². The Bertz CT molecular complexity index is 541. The smallest absolute Gasteiger partial charge is 0.275 e. The summed E-state index contributed by atoms with van der Waals surface area (Å²) in [6, 6.07) is 2.80. The number of nitro benzene ring substituents is 1. The third-order valence-electron chi connectivity index (χ3n) is 3.10. The van der Waals surface area contributed by atoms with Crippen LogP contribution in [0, 0.1) is 22.9 Å². The number of nitrogens with one attached hydrogen (secondary N) is 1. The van der Waals surface area contributed by atoms with E-state index < -0.39 is 10.7 Å².